The number of benzene rings is 1. The SMILES string of the molecule is CC(=O)c1c(C)[nH]c(C(=O)NCCOc2cccc(Br)c2)c1C. The molecule has 1 amide bonds. The summed E-state index contributed by atoms with van der Waals surface area (Å²) in [4.78, 5) is 26.8. The topological polar surface area (TPSA) is 71.2 Å². The number of Topliss-reactive ketones (excluding diaryl/α,β-unsaturated/α-hetero) is 1. The first kappa shape index (κ1) is 17.3. The number of hydrogen-bond acceptors (Lipinski definition) is 3. The molecule has 6 heteroatoms. The summed E-state index contributed by atoms with van der Waals surface area (Å²) in [7, 11) is 0. The lowest BCUT2D eigenvalue weighted by atomic mass is 10.1. The van der Waals surface area contributed by atoms with Crippen molar-refractivity contribution in [1.29, 1.82) is 0 Å². The number of aromatic nitrogens is 1. The van der Waals surface area contributed by atoms with Crippen LogP contribution in [0.1, 0.15) is 39.0 Å². The van der Waals surface area contributed by atoms with Gasteiger partial charge >= 0.3 is 0 Å². The Morgan fingerprint density at radius 3 is 2.65 bits per heavy atom. The van der Waals surface area contributed by atoms with E-state index in [0.29, 0.717) is 35.7 Å². The Kier molecular flexibility index (Phi) is 5.60. The fourth-order valence-corrected chi connectivity index (χ4v) is 2.86. The number of H-pyrrole nitrogens is 1. The van der Waals surface area contributed by atoms with Crippen LogP contribution >= 0.6 is 15.9 Å². The van der Waals surface area contributed by atoms with Gasteiger partial charge in [-0.25, -0.2) is 0 Å². The molecule has 2 aromatic rings. The highest BCUT2D eigenvalue weighted by Crippen LogP contribution is 2.19. The van der Waals surface area contributed by atoms with Gasteiger partial charge in [0, 0.05) is 15.7 Å². The molecule has 1 heterocycles. The lowest BCUT2D eigenvalue weighted by Gasteiger charge is -2.08. The highest BCUT2D eigenvalue weighted by molar-refractivity contribution is 9.10. The van der Waals surface area contributed by atoms with Crippen molar-refractivity contribution in [1.82, 2.24) is 10.3 Å². The van der Waals surface area contributed by atoms with E-state index in [1.54, 1.807) is 13.8 Å². The second-order valence-electron chi connectivity index (χ2n) is 5.24. The van der Waals surface area contributed by atoms with Gasteiger partial charge in [-0.1, -0.05) is 22.0 Å². The first-order valence-corrected chi connectivity index (χ1v) is 8.06. The molecule has 0 aliphatic carbocycles. The third-order valence-corrected chi connectivity index (χ3v) is 3.96. The van der Waals surface area contributed by atoms with Gasteiger partial charge in [0.2, 0.25) is 0 Å². The Bertz CT molecular complexity index is 737. The minimum Gasteiger partial charge on any atom is -0.492 e. The lowest BCUT2D eigenvalue weighted by molar-refractivity contribution is 0.0941. The molecule has 0 spiro atoms. The number of carbonyl (C=O) groups excluding carboxylic acids is 2. The van der Waals surface area contributed by atoms with Gasteiger partial charge in [-0.05, 0) is 44.5 Å². The average molecular weight is 379 g/mol. The Labute approximate surface area is 143 Å². The van der Waals surface area contributed by atoms with Gasteiger partial charge in [0.05, 0.1) is 6.54 Å². The van der Waals surface area contributed by atoms with Crippen LogP contribution in [0.25, 0.3) is 0 Å². The number of aryl methyl sites for hydroxylation is 1. The lowest BCUT2D eigenvalue weighted by Crippen LogP contribution is -2.28. The van der Waals surface area contributed by atoms with Crippen LogP contribution in [0.2, 0.25) is 0 Å². The average Bonchev–Trinajstić information content (AvgIpc) is 2.78. The van der Waals surface area contributed by atoms with Crippen LogP contribution in [0.3, 0.4) is 0 Å². The third-order valence-electron chi connectivity index (χ3n) is 3.47. The molecule has 0 saturated carbocycles. The fourth-order valence-electron chi connectivity index (χ4n) is 2.48. The zero-order valence-corrected chi connectivity index (χ0v) is 14.9. The first-order valence-electron chi connectivity index (χ1n) is 7.26. The zero-order valence-electron chi connectivity index (χ0n) is 13.3. The number of ketones is 1. The van der Waals surface area contributed by atoms with Gasteiger partial charge in [0.25, 0.3) is 5.91 Å². The summed E-state index contributed by atoms with van der Waals surface area (Å²) in [6.45, 7) is 5.79. The van der Waals surface area contributed by atoms with Crippen LogP contribution in [-0.4, -0.2) is 29.8 Å². The van der Waals surface area contributed by atoms with Crippen LogP contribution in [0, 0.1) is 13.8 Å². The van der Waals surface area contributed by atoms with E-state index in [1.807, 2.05) is 24.3 Å². The summed E-state index contributed by atoms with van der Waals surface area (Å²) >= 11 is 3.37. The summed E-state index contributed by atoms with van der Waals surface area (Å²) in [6, 6.07) is 7.51. The molecule has 2 rings (SSSR count). The van der Waals surface area contributed by atoms with Crippen LogP contribution in [-0.2, 0) is 0 Å². The molecule has 0 atom stereocenters. The number of nitrogens with one attached hydrogen (secondary N) is 2. The summed E-state index contributed by atoms with van der Waals surface area (Å²) in [6.07, 6.45) is 0. The molecule has 0 saturated heterocycles. The second kappa shape index (κ2) is 7.46. The van der Waals surface area contributed by atoms with Crippen molar-refractivity contribution in [3.05, 3.63) is 51.3 Å². The van der Waals surface area contributed by atoms with Crippen molar-refractivity contribution in [3.8, 4) is 5.75 Å². The van der Waals surface area contributed by atoms with Crippen LogP contribution in [0.4, 0.5) is 0 Å². The van der Waals surface area contributed by atoms with Crippen molar-refractivity contribution < 1.29 is 14.3 Å². The van der Waals surface area contributed by atoms with E-state index in [0.717, 1.165) is 10.2 Å². The quantitative estimate of drug-likeness (QED) is 0.597. The molecule has 1 aromatic carbocycles. The molecule has 0 radical (unpaired) electrons. The molecule has 122 valence electrons. The molecule has 0 aliphatic heterocycles. The summed E-state index contributed by atoms with van der Waals surface area (Å²) in [5.41, 5.74) is 2.40. The van der Waals surface area contributed by atoms with E-state index >= 15 is 0 Å². The highest BCUT2D eigenvalue weighted by atomic mass is 79.9. The number of hydrogen-bond donors (Lipinski definition) is 2. The number of ether oxygens (including phenoxy) is 1. The number of halogens is 1. The molecule has 0 unspecified atom stereocenters. The number of aromatic amines is 1. The summed E-state index contributed by atoms with van der Waals surface area (Å²) in [5.74, 6) is 0.448. The Morgan fingerprint density at radius 2 is 2.04 bits per heavy atom. The van der Waals surface area contributed by atoms with Crippen molar-refractivity contribution in [3.63, 3.8) is 0 Å². The van der Waals surface area contributed by atoms with Crippen molar-refractivity contribution >= 4 is 27.6 Å². The monoisotopic (exact) mass is 378 g/mol. The number of amides is 1. The van der Waals surface area contributed by atoms with E-state index in [9.17, 15) is 9.59 Å². The van der Waals surface area contributed by atoms with E-state index in [4.69, 9.17) is 4.74 Å². The molecule has 0 aliphatic rings. The molecule has 5 nitrogen and oxygen atoms in total. The van der Waals surface area contributed by atoms with E-state index in [-0.39, 0.29) is 11.7 Å². The summed E-state index contributed by atoms with van der Waals surface area (Å²) < 4.78 is 6.50. The maximum Gasteiger partial charge on any atom is 0.268 e. The van der Waals surface area contributed by atoms with Gasteiger partial charge in [0.15, 0.2) is 5.78 Å². The molecule has 23 heavy (non-hydrogen) atoms. The molecule has 2 N–H and O–H groups in total. The van der Waals surface area contributed by atoms with Gasteiger partial charge in [-0.15, -0.1) is 0 Å². The van der Waals surface area contributed by atoms with Gasteiger partial charge in [0.1, 0.15) is 18.1 Å². The third kappa shape index (κ3) is 4.22. The van der Waals surface area contributed by atoms with Gasteiger partial charge < -0.3 is 15.0 Å². The molecular formula is C17H19BrN2O3. The maximum atomic E-state index is 12.2. The van der Waals surface area contributed by atoms with Crippen LogP contribution in [0.15, 0.2) is 28.7 Å². The minimum atomic E-state index is -0.240. The van der Waals surface area contributed by atoms with E-state index in [1.165, 1.54) is 6.92 Å². The second-order valence-corrected chi connectivity index (χ2v) is 6.16. The molecular weight excluding hydrogens is 360 g/mol. The van der Waals surface area contributed by atoms with E-state index in [2.05, 4.69) is 26.2 Å². The molecule has 0 fully saturated rings. The standard InChI is InChI=1S/C17H19BrN2O3/c1-10-15(12(3)21)11(2)20-16(10)17(22)19-7-8-23-14-6-4-5-13(18)9-14/h4-6,9,20H,7-8H2,1-3H3,(H,19,22). The van der Waals surface area contributed by atoms with Crippen molar-refractivity contribution in [2.75, 3.05) is 13.2 Å². The molecule has 1 aromatic heterocycles. The largest absolute Gasteiger partial charge is 0.492 e. The minimum absolute atomic E-state index is 0.0479. The number of rotatable bonds is 6. The van der Waals surface area contributed by atoms with Gasteiger partial charge in [-0.2, -0.15) is 0 Å². The molecule has 0 bridgehead atoms. The van der Waals surface area contributed by atoms with Crippen LogP contribution < -0.4 is 10.1 Å². The first-order chi connectivity index (χ1) is 10.9. The Balaban J connectivity index is 1.90. The number of carbonyl (C=O) groups is 2. The predicted octanol–water partition coefficient (Wildman–Crippen LogP) is 3.41. The van der Waals surface area contributed by atoms with Gasteiger partial charge in [-0.3, -0.25) is 9.59 Å². The normalized spacial score (nSPS) is 10.4. The van der Waals surface area contributed by atoms with Crippen molar-refractivity contribution in [2.45, 2.75) is 20.8 Å². The van der Waals surface area contributed by atoms with Crippen LogP contribution in [0.5, 0.6) is 5.75 Å². The highest BCUT2D eigenvalue weighted by Gasteiger charge is 2.19. The summed E-state index contributed by atoms with van der Waals surface area (Å²) in [5, 5.41) is 2.79. The van der Waals surface area contributed by atoms with Crippen molar-refractivity contribution in [2.24, 2.45) is 0 Å². The fraction of sp³-hybridized carbons (Fsp3) is 0.294. The van der Waals surface area contributed by atoms with E-state index < -0.39 is 0 Å². The Hall–Kier alpha value is -2.08. The zero-order chi connectivity index (χ0) is 17.0. The predicted molar refractivity (Wildman–Crippen MR) is 92.2 cm³/mol. The smallest absolute Gasteiger partial charge is 0.268 e. The Morgan fingerprint density at radius 1 is 1.30 bits per heavy atom. The maximum absolute atomic E-state index is 12.2.